The van der Waals surface area contributed by atoms with Crippen LogP contribution in [0.2, 0.25) is 0 Å². The lowest BCUT2D eigenvalue weighted by Crippen LogP contribution is -2.39. The second-order valence-corrected chi connectivity index (χ2v) is 10.2. The maximum atomic E-state index is 2.59. The van der Waals surface area contributed by atoms with Crippen molar-refractivity contribution in [1.29, 1.82) is 0 Å². The molecule has 0 aliphatic carbocycles. The molecule has 1 atom stereocenters. The van der Waals surface area contributed by atoms with Gasteiger partial charge in [-0.05, 0) is 31.4 Å². The number of unbranched alkanes of at least 4 members (excludes halogenated alkanes) is 16. The average molecular weight is 455 g/mol. The molecule has 1 aromatic rings. The van der Waals surface area contributed by atoms with Crippen molar-refractivity contribution in [2.75, 3.05) is 11.4 Å². The van der Waals surface area contributed by atoms with E-state index in [0.717, 1.165) is 0 Å². The Morgan fingerprint density at radius 3 is 1.58 bits per heavy atom. The first-order chi connectivity index (χ1) is 16.4. The first kappa shape index (κ1) is 27.8. The Balaban J connectivity index is 1.53. The molecule has 0 saturated carbocycles. The van der Waals surface area contributed by atoms with Gasteiger partial charge in [-0.2, -0.15) is 0 Å². The molecule has 2 rings (SSSR count). The van der Waals surface area contributed by atoms with Crippen LogP contribution in [0.3, 0.4) is 0 Å². The van der Waals surface area contributed by atoms with Gasteiger partial charge in [-0.15, -0.1) is 0 Å². The van der Waals surface area contributed by atoms with E-state index in [1.807, 2.05) is 0 Å². The van der Waals surface area contributed by atoms with Crippen LogP contribution in [-0.4, -0.2) is 17.6 Å². The van der Waals surface area contributed by atoms with E-state index in [0.29, 0.717) is 6.17 Å². The zero-order valence-corrected chi connectivity index (χ0v) is 22.2. The van der Waals surface area contributed by atoms with E-state index in [1.165, 1.54) is 134 Å². The number of rotatable bonds is 21. The summed E-state index contributed by atoms with van der Waals surface area (Å²) >= 11 is 0. The van der Waals surface area contributed by atoms with Gasteiger partial charge in [0.2, 0.25) is 0 Å². The van der Waals surface area contributed by atoms with Crippen LogP contribution in [0.25, 0.3) is 0 Å². The highest BCUT2D eigenvalue weighted by Gasteiger charge is 2.26. The van der Waals surface area contributed by atoms with Crippen LogP contribution in [0.4, 0.5) is 5.69 Å². The van der Waals surface area contributed by atoms with Gasteiger partial charge in [0.25, 0.3) is 0 Å². The van der Waals surface area contributed by atoms with Crippen LogP contribution < -0.4 is 4.90 Å². The van der Waals surface area contributed by atoms with Gasteiger partial charge in [0, 0.05) is 24.6 Å². The van der Waals surface area contributed by atoms with Crippen molar-refractivity contribution >= 4 is 5.69 Å². The van der Waals surface area contributed by atoms with Gasteiger partial charge < -0.3 is 9.80 Å². The zero-order chi connectivity index (χ0) is 23.4. The van der Waals surface area contributed by atoms with Crippen LogP contribution in [0, 0.1) is 0 Å². The van der Waals surface area contributed by atoms with E-state index in [1.54, 1.807) is 0 Å². The summed E-state index contributed by atoms with van der Waals surface area (Å²) < 4.78 is 0. The van der Waals surface area contributed by atoms with E-state index in [2.05, 4.69) is 66.4 Å². The molecule has 1 heterocycles. The summed E-state index contributed by atoms with van der Waals surface area (Å²) in [5.41, 5.74) is 1.33. The number of para-hydroxylation sites is 1. The molecule has 0 spiro atoms. The van der Waals surface area contributed by atoms with Gasteiger partial charge in [0.1, 0.15) is 6.17 Å². The maximum Gasteiger partial charge on any atom is 0.105 e. The summed E-state index contributed by atoms with van der Waals surface area (Å²) in [7, 11) is 0. The van der Waals surface area contributed by atoms with Crippen molar-refractivity contribution in [3.05, 3.63) is 42.7 Å². The Kier molecular flexibility index (Phi) is 15.9. The van der Waals surface area contributed by atoms with E-state index < -0.39 is 0 Å². The Bertz CT molecular complexity index is 582. The van der Waals surface area contributed by atoms with Gasteiger partial charge in [-0.1, -0.05) is 135 Å². The standard InChI is InChI=1S/C31H54N2/c1-3-5-7-8-9-10-11-12-13-14-15-16-17-18-22-26-31-32(27-23-6-4-2)28-29-33(31)30-24-20-19-21-25-30/h19-21,24-25,28-29,31H,3-18,22-23,26-27H2,1-2H3. The lowest BCUT2D eigenvalue weighted by Gasteiger charge is -2.33. The number of benzene rings is 1. The first-order valence-electron chi connectivity index (χ1n) is 14.6. The average Bonchev–Trinajstić information content (AvgIpc) is 3.25. The van der Waals surface area contributed by atoms with Gasteiger partial charge in [0.15, 0.2) is 0 Å². The normalized spacial score (nSPS) is 15.6. The third-order valence-corrected chi connectivity index (χ3v) is 7.26. The molecular formula is C31H54N2. The highest BCUT2D eigenvalue weighted by molar-refractivity contribution is 5.51. The summed E-state index contributed by atoms with van der Waals surface area (Å²) in [6, 6.07) is 10.9. The minimum absolute atomic E-state index is 0.506. The third-order valence-electron chi connectivity index (χ3n) is 7.26. The number of hydrogen-bond acceptors (Lipinski definition) is 2. The van der Waals surface area contributed by atoms with Crippen LogP contribution in [0.15, 0.2) is 42.7 Å². The molecule has 1 unspecified atom stereocenters. The van der Waals surface area contributed by atoms with Crippen molar-refractivity contribution in [3.8, 4) is 0 Å². The summed E-state index contributed by atoms with van der Waals surface area (Å²) in [4.78, 5) is 5.09. The van der Waals surface area contributed by atoms with Crippen LogP contribution in [0.1, 0.15) is 136 Å². The maximum absolute atomic E-state index is 2.59. The molecule has 33 heavy (non-hydrogen) atoms. The molecular weight excluding hydrogens is 400 g/mol. The Labute approximate surface area is 206 Å². The third kappa shape index (κ3) is 12.0. The van der Waals surface area contributed by atoms with E-state index in [-0.39, 0.29) is 0 Å². The fraction of sp³-hybridized carbons (Fsp3) is 0.742. The predicted molar refractivity (Wildman–Crippen MR) is 148 cm³/mol. The van der Waals surface area contributed by atoms with Crippen molar-refractivity contribution in [2.24, 2.45) is 0 Å². The highest BCUT2D eigenvalue weighted by Crippen LogP contribution is 2.28. The molecule has 1 aromatic carbocycles. The molecule has 0 bridgehead atoms. The summed E-state index contributed by atoms with van der Waals surface area (Å²) in [5, 5.41) is 0. The number of anilines is 1. The van der Waals surface area contributed by atoms with Crippen molar-refractivity contribution in [1.82, 2.24) is 4.90 Å². The molecule has 1 aliphatic heterocycles. The monoisotopic (exact) mass is 454 g/mol. The Morgan fingerprint density at radius 2 is 1.03 bits per heavy atom. The molecule has 0 amide bonds. The minimum atomic E-state index is 0.506. The number of hydrogen-bond donors (Lipinski definition) is 0. The van der Waals surface area contributed by atoms with Gasteiger partial charge in [-0.25, -0.2) is 0 Å². The fourth-order valence-corrected chi connectivity index (χ4v) is 5.15. The second kappa shape index (κ2) is 18.9. The lowest BCUT2D eigenvalue weighted by molar-refractivity contribution is 0.274. The topological polar surface area (TPSA) is 6.48 Å². The van der Waals surface area contributed by atoms with Crippen LogP contribution in [0.5, 0.6) is 0 Å². The first-order valence-corrected chi connectivity index (χ1v) is 14.6. The summed E-state index contributed by atoms with van der Waals surface area (Å²) in [5.74, 6) is 0. The fourth-order valence-electron chi connectivity index (χ4n) is 5.15. The molecule has 1 aliphatic rings. The molecule has 0 aromatic heterocycles. The molecule has 2 heteroatoms. The van der Waals surface area contributed by atoms with Crippen molar-refractivity contribution in [3.63, 3.8) is 0 Å². The quantitative estimate of drug-likeness (QED) is 0.170. The second-order valence-electron chi connectivity index (χ2n) is 10.2. The molecule has 2 nitrogen and oxygen atoms in total. The Hall–Kier alpha value is -1.44. The lowest BCUT2D eigenvalue weighted by atomic mass is 10.0. The summed E-state index contributed by atoms with van der Waals surface area (Å²) in [6.07, 6.45) is 31.9. The highest BCUT2D eigenvalue weighted by atomic mass is 15.4. The Morgan fingerprint density at radius 1 is 0.545 bits per heavy atom. The SMILES string of the molecule is CCCCCCCCCCCCCCCCCC1N(CCCCC)C=CN1c1ccccc1. The van der Waals surface area contributed by atoms with Crippen LogP contribution >= 0.6 is 0 Å². The van der Waals surface area contributed by atoms with E-state index in [9.17, 15) is 0 Å². The van der Waals surface area contributed by atoms with Gasteiger partial charge in [-0.3, -0.25) is 0 Å². The smallest absolute Gasteiger partial charge is 0.105 e. The molecule has 0 fully saturated rings. The van der Waals surface area contributed by atoms with Crippen molar-refractivity contribution in [2.45, 2.75) is 142 Å². The summed E-state index contributed by atoms with van der Waals surface area (Å²) in [6.45, 7) is 5.79. The van der Waals surface area contributed by atoms with Crippen LogP contribution in [-0.2, 0) is 0 Å². The predicted octanol–water partition coefficient (Wildman–Crippen LogP) is 10.1. The minimum Gasteiger partial charge on any atom is -0.356 e. The molecule has 188 valence electrons. The van der Waals surface area contributed by atoms with E-state index in [4.69, 9.17) is 0 Å². The van der Waals surface area contributed by atoms with Gasteiger partial charge in [0.05, 0.1) is 0 Å². The molecule has 0 radical (unpaired) electrons. The van der Waals surface area contributed by atoms with E-state index >= 15 is 0 Å². The largest absolute Gasteiger partial charge is 0.356 e. The zero-order valence-electron chi connectivity index (χ0n) is 22.2. The van der Waals surface area contributed by atoms with Gasteiger partial charge >= 0.3 is 0 Å². The van der Waals surface area contributed by atoms with Crippen molar-refractivity contribution < 1.29 is 0 Å². The molecule has 0 N–H and O–H groups in total. The molecule has 0 saturated heterocycles. The number of nitrogens with zero attached hydrogens (tertiary/aromatic N) is 2.